The van der Waals surface area contributed by atoms with Gasteiger partial charge < -0.3 is 19.4 Å². The van der Waals surface area contributed by atoms with Crippen molar-refractivity contribution in [1.29, 1.82) is 0 Å². The molecular weight excluding hydrogens is 1070 g/mol. The molecule has 0 aliphatic heterocycles. The zero-order valence-corrected chi connectivity index (χ0v) is 57.2. The van der Waals surface area contributed by atoms with E-state index in [0.29, 0.717) is 17.4 Å². The molecular formula is C75H136N2O7P+. The number of amides is 1. The summed E-state index contributed by atoms with van der Waals surface area (Å²) in [6, 6.07) is -0.861. The predicted molar refractivity (Wildman–Crippen MR) is 369 cm³/mol. The molecule has 0 aromatic carbocycles. The largest absolute Gasteiger partial charge is 0.472 e. The second-order valence-electron chi connectivity index (χ2n) is 25.0. The Morgan fingerprint density at radius 2 is 0.718 bits per heavy atom. The number of likely N-dealkylation sites (N-methyl/N-ethyl adjacent to an activating group) is 1. The van der Waals surface area contributed by atoms with Gasteiger partial charge in [0.25, 0.3) is 0 Å². The highest BCUT2D eigenvalue weighted by Gasteiger charge is 2.30. The predicted octanol–water partition coefficient (Wildman–Crippen LogP) is 22.7. The first-order valence-corrected chi connectivity index (χ1v) is 37.1. The zero-order valence-electron chi connectivity index (χ0n) is 56.3. The molecule has 0 spiro atoms. The molecule has 0 bridgehead atoms. The average Bonchev–Trinajstić information content (AvgIpc) is 3.62. The fraction of sp³-hybridized carbons (Fsp3) is 0.760. The van der Waals surface area contributed by atoms with Gasteiger partial charge >= 0.3 is 13.8 Å². The van der Waals surface area contributed by atoms with Gasteiger partial charge in [0.05, 0.1) is 33.8 Å². The number of phosphoric acid groups is 1. The van der Waals surface area contributed by atoms with Gasteiger partial charge in [0.15, 0.2) is 0 Å². The molecule has 2 N–H and O–H groups in total. The van der Waals surface area contributed by atoms with Crippen molar-refractivity contribution in [2.45, 2.75) is 328 Å². The summed E-state index contributed by atoms with van der Waals surface area (Å²) < 4.78 is 30.8. The maximum absolute atomic E-state index is 13.6. The first-order chi connectivity index (χ1) is 41.4. The van der Waals surface area contributed by atoms with Gasteiger partial charge in [-0.2, -0.15) is 0 Å². The summed E-state index contributed by atoms with van der Waals surface area (Å²) in [5.41, 5.74) is 0. The summed E-state index contributed by atoms with van der Waals surface area (Å²) in [7, 11) is 1.48. The number of hydrogen-bond donors (Lipinski definition) is 2. The molecule has 0 aliphatic carbocycles. The molecule has 10 heteroatoms. The number of quaternary nitrogens is 1. The molecule has 3 unspecified atom stereocenters. The van der Waals surface area contributed by atoms with Crippen LogP contribution < -0.4 is 5.32 Å². The van der Waals surface area contributed by atoms with Crippen molar-refractivity contribution in [3.05, 3.63) is 97.2 Å². The van der Waals surface area contributed by atoms with Gasteiger partial charge in [-0.25, -0.2) is 4.57 Å². The molecule has 0 heterocycles. The van der Waals surface area contributed by atoms with Crippen molar-refractivity contribution >= 4 is 19.7 Å². The highest BCUT2D eigenvalue weighted by molar-refractivity contribution is 7.47. The Balaban J connectivity index is 5.06. The van der Waals surface area contributed by atoms with Gasteiger partial charge in [-0.1, -0.05) is 285 Å². The molecule has 0 aromatic heterocycles. The third kappa shape index (κ3) is 65.2. The monoisotopic (exact) mass is 1210 g/mol. The van der Waals surface area contributed by atoms with Crippen LogP contribution in [0.3, 0.4) is 0 Å². The van der Waals surface area contributed by atoms with Crippen LogP contribution in [-0.2, 0) is 27.9 Å². The van der Waals surface area contributed by atoms with E-state index in [4.69, 9.17) is 13.8 Å². The van der Waals surface area contributed by atoms with E-state index >= 15 is 0 Å². The lowest BCUT2D eigenvalue weighted by Crippen LogP contribution is -2.47. The van der Waals surface area contributed by atoms with E-state index < -0.39 is 20.0 Å². The zero-order chi connectivity index (χ0) is 62.1. The second kappa shape index (κ2) is 63.9. The maximum atomic E-state index is 13.6. The van der Waals surface area contributed by atoms with Crippen molar-refractivity contribution in [2.24, 2.45) is 0 Å². The van der Waals surface area contributed by atoms with Crippen molar-refractivity contribution in [1.82, 2.24) is 5.32 Å². The van der Waals surface area contributed by atoms with Crippen LogP contribution in [0.15, 0.2) is 97.2 Å². The van der Waals surface area contributed by atoms with Crippen LogP contribution in [-0.4, -0.2) is 74.3 Å². The summed E-state index contributed by atoms with van der Waals surface area (Å²) in [6.45, 7) is 6.96. The molecule has 0 rings (SSSR count). The lowest BCUT2D eigenvalue weighted by atomic mass is 10.0. The van der Waals surface area contributed by atoms with Gasteiger partial charge in [0.1, 0.15) is 19.3 Å². The summed E-state index contributed by atoms with van der Waals surface area (Å²) in [5, 5.41) is 3.06. The van der Waals surface area contributed by atoms with Gasteiger partial charge in [-0.05, 0) is 115 Å². The molecule has 0 radical (unpaired) electrons. The number of nitrogens with one attached hydrogen (secondary N) is 1. The number of nitrogens with zero attached hydrogens (tertiary/aromatic N) is 1. The minimum Gasteiger partial charge on any atom is -0.456 e. The Kier molecular flexibility index (Phi) is 61.6. The van der Waals surface area contributed by atoms with Gasteiger partial charge in [-0.3, -0.25) is 18.6 Å². The molecule has 0 fully saturated rings. The molecule has 1 amide bonds. The SMILES string of the molecule is CCCCC/C=C\C/C=C\C/C=C\C/C=C\CCCCCCCCCC(=O)NC(COP(=O)(O)OCC[N+](C)(C)C)C(/C=C/CCCCCCCCCCC)OC(=O)CCCCCCCCCCCCCC/C=C\C/C=C\C/C=C\CCCCC. The minimum absolute atomic E-state index is 0.0340. The maximum Gasteiger partial charge on any atom is 0.472 e. The molecule has 9 nitrogen and oxygen atoms in total. The van der Waals surface area contributed by atoms with Crippen molar-refractivity contribution in [2.75, 3.05) is 40.9 Å². The Labute approximate surface area is 526 Å². The van der Waals surface area contributed by atoms with Crippen LogP contribution in [0.25, 0.3) is 0 Å². The Morgan fingerprint density at radius 1 is 0.412 bits per heavy atom. The molecule has 492 valence electrons. The van der Waals surface area contributed by atoms with Gasteiger partial charge in [0, 0.05) is 12.8 Å². The normalized spacial score (nSPS) is 14.1. The molecule has 0 saturated heterocycles. The van der Waals surface area contributed by atoms with Crippen LogP contribution in [0, 0.1) is 0 Å². The van der Waals surface area contributed by atoms with E-state index in [9.17, 15) is 19.0 Å². The van der Waals surface area contributed by atoms with Crippen LogP contribution in [0.1, 0.15) is 316 Å². The van der Waals surface area contributed by atoms with Crippen molar-refractivity contribution < 1.29 is 37.3 Å². The Bertz CT molecular complexity index is 1780. The van der Waals surface area contributed by atoms with E-state index in [0.717, 1.165) is 103 Å². The van der Waals surface area contributed by atoms with E-state index in [1.54, 1.807) is 0 Å². The average molecular weight is 1210 g/mol. The van der Waals surface area contributed by atoms with Gasteiger partial charge in [0.2, 0.25) is 5.91 Å². The number of allylic oxidation sites excluding steroid dienone is 15. The minimum atomic E-state index is -4.46. The number of hydrogen-bond acceptors (Lipinski definition) is 6. The van der Waals surface area contributed by atoms with Crippen molar-refractivity contribution in [3.8, 4) is 0 Å². The molecule has 3 atom stereocenters. The van der Waals surface area contributed by atoms with Crippen molar-refractivity contribution in [3.63, 3.8) is 0 Å². The first-order valence-electron chi connectivity index (χ1n) is 35.6. The number of ether oxygens (including phenoxy) is 1. The standard InChI is InChI=1S/C75H135N2O7P/c1-7-10-13-16-19-22-25-27-29-31-33-35-37-38-40-42-44-46-48-50-53-56-59-62-65-68-75(79)84-73(66-63-60-57-54-51-24-21-18-15-12-9-3)72(71-83-85(80,81)82-70-69-77(4,5)6)76-74(78)67-64-61-58-55-52-49-47-45-43-41-39-36-34-32-30-28-26-23-20-17-14-11-8-2/h19-20,22-23,27-30,33-36,41,43,63,66,72-73H,7-18,21,24-26,31-32,37-40,42,44-62,64-65,67-71H2,1-6H3,(H-,76,78,80,81)/p+1/b22-19-,23-20-,29-27-,30-28-,35-33-,36-34-,43-41-,66-63+. The number of rotatable bonds is 64. The number of carbonyl (C=O) groups excluding carboxylic acids is 2. The third-order valence-electron chi connectivity index (χ3n) is 15.5. The molecule has 0 saturated carbocycles. The van der Waals surface area contributed by atoms with Crippen LogP contribution in [0.2, 0.25) is 0 Å². The molecule has 85 heavy (non-hydrogen) atoms. The number of carbonyl (C=O) groups is 2. The molecule has 0 aromatic rings. The third-order valence-corrected chi connectivity index (χ3v) is 16.5. The number of esters is 1. The fourth-order valence-electron chi connectivity index (χ4n) is 9.99. The summed E-state index contributed by atoms with van der Waals surface area (Å²) in [6.07, 6.45) is 87.0. The van der Waals surface area contributed by atoms with Crippen LogP contribution in [0.5, 0.6) is 0 Å². The Morgan fingerprint density at radius 3 is 1.09 bits per heavy atom. The number of unbranched alkanes of at least 4 members (excludes halogenated alkanes) is 34. The van der Waals surface area contributed by atoms with Crippen LogP contribution in [0.4, 0.5) is 0 Å². The highest BCUT2D eigenvalue weighted by Crippen LogP contribution is 2.43. The Hall–Kier alpha value is -3.07. The van der Waals surface area contributed by atoms with E-state index in [2.05, 4.69) is 111 Å². The van der Waals surface area contributed by atoms with E-state index in [1.807, 2.05) is 33.3 Å². The lowest BCUT2D eigenvalue weighted by molar-refractivity contribution is -0.870. The van der Waals surface area contributed by atoms with Crippen LogP contribution >= 0.6 is 7.82 Å². The highest BCUT2D eigenvalue weighted by atomic mass is 31.2. The van der Waals surface area contributed by atoms with Gasteiger partial charge in [-0.15, -0.1) is 0 Å². The quantitative estimate of drug-likeness (QED) is 0.0205. The first kappa shape index (κ1) is 81.9. The summed E-state index contributed by atoms with van der Waals surface area (Å²) in [5.74, 6) is -0.517. The van der Waals surface area contributed by atoms with E-state index in [1.165, 1.54) is 180 Å². The topological polar surface area (TPSA) is 111 Å². The summed E-state index contributed by atoms with van der Waals surface area (Å²) >= 11 is 0. The summed E-state index contributed by atoms with van der Waals surface area (Å²) in [4.78, 5) is 37.9. The lowest BCUT2D eigenvalue weighted by Gasteiger charge is -2.27. The number of phosphoric ester groups is 1. The molecule has 0 aliphatic rings. The fourth-order valence-corrected chi connectivity index (χ4v) is 10.7. The second-order valence-corrected chi connectivity index (χ2v) is 26.5. The van der Waals surface area contributed by atoms with E-state index in [-0.39, 0.29) is 31.5 Å². The smallest absolute Gasteiger partial charge is 0.456 e.